The highest BCUT2D eigenvalue weighted by molar-refractivity contribution is 7.80. The van der Waals surface area contributed by atoms with Gasteiger partial charge in [-0.3, -0.25) is 0 Å². The van der Waals surface area contributed by atoms with E-state index in [0.29, 0.717) is 12.1 Å². The topological polar surface area (TPSA) is 50.9 Å². The molecule has 1 heterocycles. The fourth-order valence-corrected chi connectivity index (χ4v) is 1.50. The molecule has 1 aromatic rings. The molecule has 0 spiro atoms. The number of nitrogens with zero attached hydrogens (tertiary/aromatic N) is 1. The Bertz CT molecular complexity index is 432. The Morgan fingerprint density at radius 1 is 1.44 bits per heavy atom. The van der Waals surface area contributed by atoms with Gasteiger partial charge in [0.2, 0.25) is 0 Å². The van der Waals surface area contributed by atoms with Crippen LogP contribution in [0.2, 0.25) is 0 Å². The summed E-state index contributed by atoms with van der Waals surface area (Å²) in [5, 5.41) is 2.83. The molecule has 100 valence electrons. The van der Waals surface area contributed by atoms with Crippen LogP contribution in [0.5, 0.6) is 0 Å². The second-order valence-electron chi connectivity index (χ2n) is 3.73. The fraction of sp³-hybridized carbons (Fsp3) is 0.455. The zero-order chi connectivity index (χ0) is 13.8. The van der Waals surface area contributed by atoms with Gasteiger partial charge in [-0.15, -0.1) is 0 Å². The zero-order valence-corrected chi connectivity index (χ0v) is 10.7. The van der Waals surface area contributed by atoms with E-state index in [-0.39, 0.29) is 10.8 Å². The first-order valence-corrected chi connectivity index (χ1v) is 5.89. The largest absolute Gasteiger partial charge is 0.433 e. The predicted molar refractivity (Wildman–Crippen MR) is 68.5 cm³/mol. The van der Waals surface area contributed by atoms with Crippen LogP contribution in [-0.4, -0.2) is 16.5 Å². The van der Waals surface area contributed by atoms with Gasteiger partial charge in [0.1, 0.15) is 16.5 Å². The van der Waals surface area contributed by atoms with Gasteiger partial charge in [-0.25, -0.2) is 4.98 Å². The normalized spacial score (nSPS) is 11.3. The number of thiocarbonyl (C=S) groups is 1. The van der Waals surface area contributed by atoms with E-state index in [1.165, 1.54) is 6.07 Å². The second kappa shape index (κ2) is 5.99. The number of alkyl halides is 3. The molecule has 0 aliphatic carbocycles. The minimum Gasteiger partial charge on any atom is -0.389 e. The molecule has 0 radical (unpaired) electrons. The van der Waals surface area contributed by atoms with Crippen LogP contribution in [0.4, 0.5) is 19.0 Å². The molecule has 1 aromatic heterocycles. The molecule has 3 nitrogen and oxygen atoms in total. The van der Waals surface area contributed by atoms with Gasteiger partial charge < -0.3 is 11.1 Å². The lowest BCUT2D eigenvalue weighted by molar-refractivity contribution is -0.141. The monoisotopic (exact) mass is 277 g/mol. The van der Waals surface area contributed by atoms with Gasteiger partial charge in [0.05, 0.1) is 5.56 Å². The van der Waals surface area contributed by atoms with E-state index in [0.717, 1.165) is 18.9 Å². The van der Waals surface area contributed by atoms with Crippen molar-refractivity contribution < 1.29 is 13.2 Å². The minimum atomic E-state index is -4.48. The number of rotatable bonds is 5. The number of unbranched alkanes of at least 4 members (excludes halogenated alkanes) is 1. The van der Waals surface area contributed by atoms with Gasteiger partial charge in [-0.1, -0.05) is 25.6 Å². The van der Waals surface area contributed by atoms with Gasteiger partial charge in [-0.2, -0.15) is 13.2 Å². The summed E-state index contributed by atoms with van der Waals surface area (Å²) in [5.41, 5.74) is 4.82. The summed E-state index contributed by atoms with van der Waals surface area (Å²) in [6, 6.07) is 2.12. The molecule has 0 aromatic carbocycles. The zero-order valence-electron chi connectivity index (χ0n) is 9.84. The molecule has 0 aliphatic rings. The van der Waals surface area contributed by atoms with Crippen LogP contribution in [-0.2, 0) is 6.18 Å². The summed E-state index contributed by atoms with van der Waals surface area (Å²) in [7, 11) is 0. The van der Waals surface area contributed by atoms with E-state index in [2.05, 4.69) is 10.3 Å². The van der Waals surface area contributed by atoms with Gasteiger partial charge in [0, 0.05) is 6.54 Å². The van der Waals surface area contributed by atoms with E-state index >= 15 is 0 Å². The van der Waals surface area contributed by atoms with Crippen LogP contribution in [0, 0.1) is 0 Å². The Balaban J connectivity index is 3.04. The average Bonchev–Trinajstić information content (AvgIpc) is 2.27. The number of nitrogens with two attached hydrogens (primary N) is 1. The first-order valence-electron chi connectivity index (χ1n) is 5.48. The van der Waals surface area contributed by atoms with Crippen LogP contribution in [0.15, 0.2) is 12.1 Å². The number of hydrogen-bond acceptors (Lipinski definition) is 3. The second-order valence-corrected chi connectivity index (χ2v) is 4.17. The molecule has 0 amide bonds. The predicted octanol–water partition coefficient (Wildman–Crippen LogP) is 2.95. The van der Waals surface area contributed by atoms with Gasteiger partial charge in [0.25, 0.3) is 0 Å². The van der Waals surface area contributed by atoms with Gasteiger partial charge >= 0.3 is 6.18 Å². The number of halogens is 3. The Morgan fingerprint density at radius 3 is 2.61 bits per heavy atom. The Morgan fingerprint density at radius 2 is 2.11 bits per heavy atom. The van der Waals surface area contributed by atoms with E-state index in [1.54, 1.807) is 0 Å². The van der Waals surface area contributed by atoms with Crippen LogP contribution in [0.25, 0.3) is 0 Å². The third-order valence-corrected chi connectivity index (χ3v) is 2.49. The van der Waals surface area contributed by atoms with E-state index in [4.69, 9.17) is 18.0 Å². The number of pyridine rings is 1. The van der Waals surface area contributed by atoms with Crippen molar-refractivity contribution in [3.05, 3.63) is 23.4 Å². The molecule has 0 aliphatic heterocycles. The summed E-state index contributed by atoms with van der Waals surface area (Å²) >= 11 is 4.78. The average molecular weight is 277 g/mol. The van der Waals surface area contributed by atoms with Crippen molar-refractivity contribution in [3.63, 3.8) is 0 Å². The van der Waals surface area contributed by atoms with Crippen LogP contribution >= 0.6 is 12.2 Å². The highest BCUT2D eigenvalue weighted by Gasteiger charge is 2.33. The van der Waals surface area contributed by atoms with Crippen LogP contribution < -0.4 is 11.1 Å². The summed E-state index contributed by atoms with van der Waals surface area (Å²) in [6.07, 6.45) is -2.72. The molecular formula is C11H14F3N3S. The molecule has 0 saturated heterocycles. The quantitative estimate of drug-likeness (QED) is 0.642. The maximum atomic E-state index is 12.5. The molecule has 7 heteroatoms. The maximum Gasteiger partial charge on any atom is 0.433 e. The number of nitrogens with one attached hydrogen (secondary N) is 1. The fourth-order valence-electron chi connectivity index (χ4n) is 1.33. The van der Waals surface area contributed by atoms with Crippen LogP contribution in [0.3, 0.4) is 0 Å². The standard InChI is InChI=1S/C11H14F3N3S/c1-2-3-6-16-10-7(9(15)18)4-5-8(17-10)11(12,13)14/h4-5H,2-3,6H2,1H3,(H2,15,18)(H,16,17). The van der Waals surface area contributed by atoms with Gasteiger partial charge in [0.15, 0.2) is 0 Å². The van der Waals surface area contributed by atoms with Gasteiger partial charge in [-0.05, 0) is 18.6 Å². The van der Waals surface area contributed by atoms with Crippen molar-refractivity contribution in [1.82, 2.24) is 4.98 Å². The van der Waals surface area contributed by atoms with E-state index < -0.39 is 11.9 Å². The third-order valence-electron chi connectivity index (χ3n) is 2.27. The third kappa shape index (κ3) is 3.83. The van der Waals surface area contributed by atoms with Crippen molar-refractivity contribution in [2.24, 2.45) is 5.73 Å². The van der Waals surface area contributed by atoms with E-state index in [9.17, 15) is 13.2 Å². The Hall–Kier alpha value is -1.37. The molecule has 18 heavy (non-hydrogen) atoms. The van der Waals surface area contributed by atoms with Crippen molar-refractivity contribution in [2.45, 2.75) is 25.9 Å². The summed E-state index contributed by atoms with van der Waals surface area (Å²) in [6.45, 7) is 2.51. The maximum absolute atomic E-state index is 12.5. The molecule has 0 atom stereocenters. The van der Waals surface area contributed by atoms with Crippen molar-refractivity contribution in [1.29, 1.82) is 0 Å². The lowest BCUT2D eigenvalue weighted by atomic mass is 10.2. The van der Waals surface area contributed by atoms with E-state index in [1.807, 2.05) is 6.92 Å². The number of aromatic nitrogens is 1. The van der Waals surface area contributed by atoms with Crippen molar-refractivity contribution in [2.75, 3.05) is 11.9 Å². The molecule has 3 N–H and O–H groups in total. The van der Waals surface area contributed by atoms with Crippen LogP contribution in [0.1, 0.15) is 31.0 Å². The highest BCUT2D eigenvalue weighted by Crippen LogP contribution is 2.29. The number of anilines is 1. The first kappa shape index (κ1) is 14.7. The Kier molecular flexibility index (Phi) is 4.89. The highest BCUT2D eigenvalue weighted by atomic mass is 32.1. The summed E-state index contributed by atoms with van der Waals surface area (Å²) in [5.74, 6) is 0.0887. The first-order chi connectivity index (χ1) is 8.36. The smallest absolute Gasteiger partial charge is 0.389 e. The molecule has 0 unspecified atom stereocenters. The molecular weight excluding hydrogens is 263 g/mol. The minimum absolute atomic E-state index is 0.0234. The SMILES string of the molecule is CCCCNc1nc(C(F)(F)F)ccc1C(N)=S. The summed E-state index contributed by atoms with van der Waals surface area (Å²) in [4.78, 5) is 3.56. The molecule has 0 bridgehead atoms. The molecule has 0 fully saturated rings. The Labute approximate surface area is 109 Å². The van der Waals surface area contributed by atoms with Crippen molar-refractivity contribution >= 4 is 23.0 Å². The number of hydrogen-bond donors (Lipinski definition) is 2. The molecule has 1 rings (SSSR count). The lowest BCUT2D eigenvalue weighted by Gasteiger charge is -2.13. The molecule has 0 saturated carbocycles. The summed E-state index contributed by atoms with van der Waals surface area (Å²) < 4.78 is 37.6. The lowest BCUT2D eigenvalue weighted by Crippen LogP contribution is -2.18. The van der Waals surface area contributed by atoms with Crippen molar-refractivity contribution in [3.8, 4) is 0 Å².